The number of nitrogens with zero attached hydrogens (tertiary/aromatic N) is 5. The van der Waals surface area contributed by atoms with Crippen LogP contribution in [-0.2, 0) is 32.0 Å². The third kappa shape index (κ3) is 4.52. The summed E-state index contributed by atoms with van der Waals surface area (Å²) in [4.78, 5) is 20.6. The van der Waals surface area contributed by atoms with Crippen molar-refractivity contribution in [3.8, 4) is 0 Å². The number of hydrogen-bond acceptors (Lipinski definition) is 6. The van der Waals surface area contributed by atoms with E-state index in [0.717, 1.165) is 52.6 Å². The summed E-state index contributed by atoms with van der Waals surface area (Å²) in [5, 5.41) is 19.8. The van der Waals surface area contributed by atoms with Crippen LogP contribution in [0.15, 0.2) is 36.7 Å². The number of halogens is 2. The molecule has 1 amide bonds. The number of anilines is 1. The fourth-order valence-corrected chi connectivity index (χ4v) is 6.72. The van der Waals surface area contributed by atoms with Gasteiger partial charge in [-0.05, 0) is 55.9 Å². The molecular weight excluding hydrogens is 512 g/mol. The number of rotatable bonds is 8. The predicted molar refractivity (Wildman–Crippen MR) is 146 cm³/mol. The smallest absolute Gasteiger partial charge is 0.259 e. The highest BCUT2D eigenvalue weighted by atomic mass is 19.3. The fourth-order valence-electron chi connectivity index (χ4n) is 6.72. The van der Waals surface area contributed by atoms with Gasteiger partial charge in [-0.15, -0.1) is 10.2 Å². The number of hydrogen-bond donors (Lipinski definition) is 2. The molecule has 0 radical (unpaired) electrons. The number of aromatic nitrogens is 4. The molecular formula is C30H33F2N7O. The zero-order valence-corrected chi connectivity index (χ0v) is 22.6. The summed E-state index contributed by atoms with van der Waals surface area (Å²) in [7, 11) is 1.93. The largest absolute Gasteiger partial charge is 0.321 e. The second kappa shape index (κ2) is 9.26. The highest BCUT2D eigenvalue weighted by molar-refractivity contribution is 6.10. The van der Waals surface area contributed by atoms with Gasteiger partial charge in [0, 0.05) is 78.4 Å². The molecule has 0 bridgehead atoms. The molecule has 1 aliphatic heterocycles. The molecule has 1 atom stereocenters. The van der Waals surface area contributed by atoms with E-state index in [9.17, 15) is 13.6 Å². The fraction of sp³-hybridized carbons (Fsp3) is 0.500. The molecule has 10 heteroatoms. The molecule has 2 N–H and O–H groups in total. The minimum absolute atomic E-state index is 0.0474. The van der Waals surface area contributed by atoms with Crippen LogP contribution in [0.1, 0.15) is 89.6 Å². The number of pyridine rings is 1. The summed E-state index contributed by atoms with van der Waals surface area (Å²) in [6.07, 6.45) is 6.06. The molecule has 208 valence electrons. The Morgan fingerprint density at radius 1 is 1.18 bits per heavy atom. The van der Waals surface area contributed by atoms with Crippen LogP contribution in [-0.4, -0.2) is 43.3 Å². The standard InChI is InChI=1S/C30H33F2N7O/c1-38-17-35-37-26(38)14-29(11-20(33)12-29)19-3-2-4-23(9-19)39-16-25-24(28(39)40)10-22(36-27(25)18-5-6-18)15-34-21-7-8-30(31,32)13-21/h2-4,9-10,17-18,21,33-34H,5-8,11-16H2,1H3. The summed E-state index contributed by atoms with van der Waals surface area (Å²) < 4.78 is 29.3. The zero-order chi connectivity index (χ0) is 27.6. The summed E-state index contributed by atoms with van der Waals surface area (Å²) >= 11 is 0. The van der Waals surface area contributed by atoms with E-state index >= 15 is 0 Å². The van der Waals surface area contributed by atoms with Gasteiger partial charge in [0.05, 0.1) is 12.2 Å². The Balaban J connectivity index is 1.15. The minimum atomic E-state index is -2.60. The molecule has 2 aromatic heterocycles. The first kappa shape index (κ1) is 25.4. The van der Waals surface area contributed by atoms with Gasteiger partial charge in [0.1, 0.15) is 12.2 Å². The molecule has 3 saturated carbocycles. The highest BCUT2D eigenvalue weighted by Crippen LogP contribution is 2.47. The Labute approximate surface area is 231 Å². The van der Waals surface area contributed by atoms with Crippen molar-refractivity contribution in [1.82, 2.24) is 25.1 Å². The van der Waals surface area contributed by atoms with Crippen molar-refractivity contribution < 1.29 is 13.6 Å². The molecule has 0 spiro atoms. The first-order valence-electron chi connectivity index (χ1n) is 14.2. The Hall–Kier alpha value is -3.53. The van der Waals surface area contributed by atoms with Gasteiger partial charge in [-0.2, -0.15) is 0 Å². The molecule has 1 unspecified atom stereocenters. The molecule has 40 heavy (non-hydrogen) atoms. The lowest BCUT2D eigenvalue weighted by Crippen LogP contribution is -2.44. The number of benzene rings is 1. The Morgan fingerprint density at radius 3 is 2.67 bits per heavy atom. The lowest BCUT2D eigenvalue weighted by molar-refractivity contribution is 0.00685. The molecule has 3 aliphatic carbocycles. The molecule has 1 aromatic carbocycles. The van der Waals surface area contributed by atoms with Gasteiger partial charge in [-0.3, -0.25) is 9.78 Å². The second-order valence-electron chi connectivity index (χ2n) is 12.2. The Bertz CT molecular complexity index is 1500. The van der Waals surface area contributed by atoms with E-state index in [-0.39, 0.29) is 30.2 Å². The van der Waals surface area contributed by atoms with Crippen LogP contribution in [0.5, 0.6) is 0 Å². The second-order valence-corrected chi connectivity index (χ2v) is 12.2. The van der Waals surface area contributed by atoms with Crippen LogP contribution >= 0.6 is 0 Å². The van der Waals surface area contributed by atoms with Gasteiger partial charge in [0.2, 0.25) is 5.92 Å². The number of carbonyl (C=O) groups is 1. The highest BCUT2D eigenvalue weighted by Gasteiger charge is 2.44. The third-order valence-corrected chi connectivity index (χ3v) is 9.12. The van der Waals surface area contributed by atoms with Crippen molar-refractivity contribution in [2.75, 3.05) is 4.90 Å². The maximum Gasteiger partial charge on any atom is 0.259 e. The van der Waals surface area contributed by atoms with Gasteiger partial charge in [0.15, 0.2) is 0 Å². The predicted octanol–water partition coefficient (Wildman–Crippen LogP) is 4.82. The first-order valence-corrected chi connectivity index (χ1v) is 14.2. The van der Waals surface area contributed by atoms with Gasteiger partial charge >= 0.3 is 0 Å². The normalized spacial score (nSPS) is 25.4. The summed E-state index contributed by atoms with van der Waals surface area (Å²) in [5.74, 6) is -1.40. The lowest BCUT2D eigenvalue weighted by Gasteiger charge is -2.43. The number of fused-ring (bicyclic) bond motifs is 1. The number of alkyl halides is 2. The first-order chi connectivity index (χ1) is 19.2. The van der Waals surface area contributed by atoms with E-state index < -0.39 is 5.92 Å². The minimum Gasteiger partial charge on any atom is -0.321 e. The summed E-state index contributed by atoms with van der Waals surface area (Å²) in [5.41, 5.74) is 5.83. The maximum absolute atomic E-state index is 13.8. The molecule has 3 heterocycles. The van der Waals surface area contributed by atoms with Crippen LogP contribution in [0.3, 0.4) is 0 Å². The van der Waals surface area contributed by atoms with Gasteiger partial charge < -0.3 is 20.2 Å². The summed E-state index contributed by atoms with van der Waals surface area (Å²) in [6, 6.07) is 9.78. The van der Waals surface area contributed by atoms with E-state index in [4.69, 9.17) is 10.4 Å². The van der Waals surface area contributed by atoms with Crippen molar-refractivity contribution in [2.45, 2.75) is 87.8 Å². The van der Waals surface area contributed by atoms with Crippen LogP contribution in [0.2, 0.25) is 0 Å². The van der Waals surface area contributed by atoms with Gasteiger partial charge in [-0.25, -0.2) is 8.78 Å². The quantitative estimate of drug-likeness (QED) is 0.423. The molecule has 3 aromatic rings. The molecule has 7 rings (SSSR count). The van der Waals surface area contributed by atoms with E-state index in [1.54, 1.807) is 6.33 Å². The summed E-state index contributed by atoms with van der Waals surface area (Å²) in [6.45, 7) is 0.859. The van der Waals surface area contributed by atoms with Crippen molar-refractivity contribution in [3.05, 3.63) is 70.6 Å². The zero-order valence-electron chi connectivity index (χ0n) is 22.6. The van der Waals surface area contributed by atoms with Crippen LogP contribution in [0.4, 0.5) is 14.5 Å². The van der Waals surface area contributed by atoms with E-state index in [0.29, 0.717) is 50.3 Å². The average Bonchev–Trinajstić information content (AvgIpc) is 3.48. The van der Waals surface area contributed by atoms with Crippen LogP contribution < -0.4 is 10.2 Å². The number of nitrogens with one attached hydrogen (secondary N) is 2. The number of carbonyl (C=O) groups excluding carboxylic acids is 1. The SMILES string of the molecule is Cn1cnnc1CC1(c2cccc(N3Cc4c(cc(CNC5CCC(F)(F)C5)nc4C4CC4)C3=O)c2)CC(=N)C1. The Morgan fingerprint density at radius 2 is 2.00 bits per heavy atom. The molecule has 3 fully saturated rings. The number of amides is 1. The maximum atomic E-state index is 13.8. The van der Waals surface area contributed by atoms with Gasteiger partial charge in [0.25, 0.3) is 5.91 Å². The molecule has 4 aliphatic rings. The van der Waals surface area contributed by atoms with Crippen molar-refractivity contribution in [1.29, 1.82) is 5.41 Å². The van der Waals surface area contributed by atoms with Crippen LogP contribution in [0, 0.1) is 5.41 Å². The monoisotopic (exact) mass is 545 g/mol. The third-order valence-electron chi connectivity index (χ3n) is 9.12. The van der Waals surface area contributed by atoms with Crippen molar-refractivity contribution >= 4 is 17.3 Å². The lowest BCUT2D eigenvalue weighted by atomic mass is 9.61. The molecule has 0 saturated heterocycles. The topological polar surface area (TPSA) is 99.8 Å². The van der Waals surface area contributed by atoms with Crippen molar-refractivity contribution in [2.24, 2.45) is 7.05 Å². The van der Waals surface area contributed by atoms with E-state index in [1.165, 1.54) is 0 Å². The molecule has 8 nitrogen and oxygen atoms in total. The van der Waals surface area contributed by atoms with Crippen molar-refractivity contribution in [3.63, 3.8) is 0 Å². The van der Waals surface area contributed by atoms with Crippen LogP contribution in [0.25, 0.3) is 0 Å². The number of aryl methyl sites for hydroxylation is 1. The van der Waals surface area contributed by atoms with E-state index in [2.05, 4.69) is 27.6 Å². The average molecular weight is 546 g/mol. The van der Waals surface area contributed by atoms with E-state index in [1.807, 2.05) is 34.7 Å². The Kier molecular flexibility index (Phi) is 5.89. The van der Waals surface area contributed by atoms with Gasteiger partial charge in [-0.1, -0.05) is 12.1 Å².